The van der Waals surface area contributed by atoms with E-state index in [1.165, 1.54) is 0 Å². The van der Waals surface area contributed by atoms with Crippen LogP contribution in [0, 0.1) is 5.92 Å². The van der Waals surface area contributed by atoms with E-state index in [1.807, 2.05) is 12.1 Å². The molecule has 0 spiro atoms. The first-order valence-corrected chi connectivity index (χ1v) is 8.44. The Hall–Kier alpha value is -1.11. The van der Waals surface area contributed by atoms with E-state index >= 15 is 0 Å². The molecule has 1 aromatic carbocycles. The lowest BCUT2D eigenvalue weighted by molar-refractivity contribution is 0.121. The summed E-state index contributed by atoms with van der Waals surface area (Å²) in [6, 6.07) is 7.12. The van der Waals surface area contributed by atoms with Crippen LogP contribution in [-0.4, -0.2) is 39.5 Å². The number of nitrogens with zero attached hydrogens (tertiary/aromatic N) is 1. The maximum Gasteiger partial charge on any atom is 0.218 e. The number of anilines is 1. The van der Waals surface area contributed by atoms with Crippen molar-refractivity contribution in [3.63, 3.8) is 0 Å². The zero-order valence-electron chi connectivity index (χ0n) is 11.8. The Balaban J connectivity index is 2.00. The average molecular weight is 298 g/mol. The largest absolute Gasteiger partial charge is 0.398 e. The summed E-state index contributed by atoms with van der Waals surface area (Å²) in [7, 11) is -1.60. The van der Waals surface area contributed by atoms with E-state index < -0.39 is 10.0 Å². The van der Waals surface area contributed by atoms with Crippen molar-refractivity contribution in [1.29, 1.82) is 0 Å². The van der Waals surface area contributed by atoms with Gasteiger partial charge in [0.25, 0.3) is 0 Å². The summed E-state index contributed by atoms with van der Waals surface area (Å²) < 4.78 is 31.5. The minimum atomic E-state index is -3.28. The molecule has 112 valence electrons. The number of hydrogen-bond donors (Lipinski definition) is 1. The molecular formula is C14H22N2O3S. The predicted octanol–water partition coefficient (Wildman–Crippen LogP) is 1.46. The number of benzene rings is 1. The molecule has 2 rings (SSSR count). The Kier molecular flexibility index (Phi) is 5.01. The molecule has 1 aromatic rings. The Morgan fingerprint density at radius 3 is 2.55 bits per heavy atom. The molecule has 0 aromatic heterocycles. The van der Waals surface area contributed by atoms with Gasteiger partial charge >= 0.3 is 0 Å². The number of piperidine rings is 1. The van der Waals surface area contributed by atoms with Crippen LogP contribution < -0.4 is 5.73 Å². The van der Waals surface area contributed by atoms with Gasteiger partial charge in [-0.15, -0.1) is 0 Å². The van der Waals surface area contributed by atoms with Crippen molar-refractivity contribution in [2.45, 2.75) is 18.6 Å². The Labute approximate surface area is 120 Å². The van der Waals surface area contributed by atoms with Gasteiger partial charge in [-0.1, -0.05) is 18.2 Å². The third kappa shape index (κ3) is 3.71. The van der Waals surface area contributed by atoms with Crippen LogP contribution in [0.25, 0.3) is 0 Å². The fourth-order valence-electron chi connectivity index (χ4n) is 2.54. The maximum absolute atomic E-state index is 12.4. The number of nitrogen functional groups attached to an aromatic ring is 1. The van der Waals surface area contributed by atoms with Crippen molar-refractivity contribution in [1.82, 2.24) is 4.31 Å². The SMILES string of the molecule is COCC1CCN(S(=O)(=O)Cc2ccccc2N)CC1. The van der Waals surface area contributed by atoms with Gasteiger partial charge in [0, 0.05) is 32.5 Å². The Bertz CT molecular complexity index is 537. The summed E-state index contributed by atoms with van der Waals surface area (Å²) >= 11 is 0. The quantitative estimate of drug-likeness (QED) is 0.835. The molecule has 5 nitrogen and oxygen atoms in total. The molecule has 20 heavy (non-hydrogen) atoms. The minimum Gasteiger partial charge on any atom is -0.398 e. The summed E-state index contributed by atoms with van der Waals surface area (Å²) in [4.78, 5) is 0. The molecule has 0 amide bonds. The molecule has 0 atom stereocenters. The van der Waals surface area contributed by atoms with Crippen LogP contribution in [0.3, 0.4) is 0 Å². The molecule has 0 unspecified atom stereocenters. The van der Waals surface area contributed by atoms with E-state index in [4.69, 9.17) is 10.5 Å². The van der Waals surface area contributed by atoms with Gasteiger partial charge in [-0.05, 0) is 30.4 Å². The zero-order chi connectivity index (χ0) is 14.6. The summed E-state index contributed by atoms with van der Waals surface area (Å²) in [5.41, 5.74) is 7.02. The highest BCUT2D eigenvalue weighted by Crippen LogP contribution is 2.23. The van der Waals surface area contributed by atoms with Crippen LogP contribution in [0.5, 0.6) is 0 Å². The van der Waals surface area contributed by atoms with Crippen LogP contribution in [0.4, 0.5) is 5.69 Å². The van der Waals surface area contributed by atoms with E-state index in [2.05, 4.69) is 0 Å². The number of hydrogen-bond acceptors (Lipinski definition) is 4. The molecule has 1 heterocycles. The van der Waals surface area contributed by atoms with Crippen molar-refractivity contribution in [2.24, 2.45) is 5.92 Å². The number of rotatable bonds is 5. The fraction of sp³-hybridized carbons (Fsp3) is 0.571. The van der Waals surface area contributed by atoms with Crippen molar-refractivity contribution < 1.29 is 13.2 Å². The monoisotopic (exact) mass is 298 g/mol. The van der Waals surface area contributed by atoms with Crippen LogP contribution in [0.1, 0.15) is 18.4 Å². The number of nitrogens with two attached hydrogens (primary N) is 1. The first-order valence-electron chi connectivity index (χ1n) is 6.83. The van der Waals surface area contributed by atoms with Gasteiger partial charge in [-0.25, -0.2) is 12.7 Å². The summed E-state index contributed by atoms with van der Waals surface area (Å²) in [6.45, 7) is 1.85. The van der Waals surface area contributed by atoms with Crippen molar-refractivity contribution in [3.05, 3.63) is 29.8 Å². The molecule has 0 saturated carbocycles. The third-order valence-corrected chi connectivity index (χ3v) is 5.59. The van der Waals surface area contributed by atoms with Crippen molar-refractivity contribution in [2.75, 3.05) is 32.5 Å². The number of sulfonamides is 1. The first kappa shape index (κ1) is 15.3. The van der Waals surface area contributed by atoms with Crippen LogP contribution in [-0.2, 0) is 20.5 Å². The summed E-state index contributed by atoms with van der Waals surface area (Å²) in [5.74, 6) is 0.447. The molecule has 0 aliphatic carbocycles. The van der Waals surface area contributed by atoms with Gasteiger partial charge in [0.1, 0.15) is 0 Å². The van der Waals surface area contributed by atoms with Crippen LogP contribution in [0.15, 0.2) is 24.3 Å². The molecule has 1 aliphatic rings. The first-order chi connectivity index (χ1) is 9.53. The lowest BCUT2D eigenvalue weighted by Crippen LogP contribution is -2.40. The highest BCUT2D eigenvalue weighted by atomic mass is 32.2. The highest BCUT2D eigenvalue weighted by molar-refractivity contribution is 7.88. The standard InChI is InChI=1S/C14H22N2O3S/c1-19-10-12-6-8-16(9-7-12)20(17,18)11-13-4-2-3-5-14(13)15/h2-5,12H,6-11,15H2,1H3. The van der Waals surface area contributed by atoms with Crippen LogP contribution in [0.2, 0.25) is 0 Å². The minimum absolute atomic E-state index is 0.0192. The molecule has 1 fully saturated rings. The normalized spacial score (nSPS) is 18.2. The molecular weight excluding hydrogens is 276 g/mol. The third-order valence-electron chi connectivity index (χ3n) is 3.76. The second kappa shape index (κ2) is 6.56. The average Bonchev–Trinajstić information content (AvgIpc) is 2.42. The predicted molar refractivity (Wildman–Crippen MR) is 79.7 cm³/mol. The lowest BCUT2D eigenvalue weighted by Gasteiger charge is -2.31. The van der Waals surface area contributed by atoms with Crippen LogP contribution >= 0.6 is 0 Å². The fourth-order valence-corrected chi connectivity index (χ4v) is 4.15. The summed E-state index contributed by atoms with van der Waals surface area (Å²) in [6.07, 6.45) is 1.72. The Morgan fingerprint density at radius 1 is 1.30 bits per heavy atom. The molecule has 0 bridgehead atoms. The molecule has 0 radical (unpaired) electrons. The number of methoxy groups -OCH3 is 1. The van der Waals surface area contributed by atoms with Gasteiger partial charge in [0.15, 0.2) is 0 Å². The van der Waals surface area contributed by atoms with Gasteiger partial charge < -0.3 is 10.5 Å². The van der Waals surface area contributed by atoms with Gasteiger partial charge in [0.05, 0.1) is 5.75 Å². The van der Waals surface area contributed by atoms with Gasteiger partial charge in [0.2, 0.25) is 10.0 Å². The number of ether oxygens (including phenoxy) is 1. The summed E-state index contributed by atoms with van der Waals surface area (Å²) in [5, 5.41) is 0. The second-order valence-electron chi connectivity index (χ2n) is 5.25. The topological polar surface area (TPSA) is 72.6 Å². The van der Waals surface area contributed by atoms with E-state index in [-0.39, 0.29) is 5.75 Å². The smallest absolute Gasteiger partial charge is 0.218 e. The van der Waals surface area contributed by atoms with E-state index in [9.17, 15) is 8.42 Å². The van der Waals surface area contributed by atoms with E-state index in [0.29, 0.717) is 36.9 Å². The van der Waals surface area contributed by atoms with Gasteiger partial charge in [-0.3, -0.25) is 0 Å². The Morgan fingerprint density at radius 2 is 1.95 bits per heavy atom. The number of para-hydroxylation sites is 1. The zero-order valence-corrected chi connectivity index (χ0v) is 12.6. The van der Waals surface area contributed by atoms with Crippen molar-refractivity contribution in [3.8, 4) is 0 Å². The second-order valence-corrected chi connectivity index (χ2v) is 7.22. The van der Waals surface area contributed by atoms with Gasteiger partial charge in [-0.2, -0.15) is 0 Å². The van der Waals surface area contributed by atoms with Crippen molar-refractivity contribution >= 4 is 15.7 Å². The molecule has 2 N–H and O–H groups in total. The maximum atomic E-state index is 12.4. The molecule has 1 saturated heterocycles. The molecule has 6 heteroatoms. The highest BCUT2D eigenvalue weighted by Gasteiger charge is 2.28. The van der Waals surface area contributed by atoms with E-state index in [0.717, 1.165) is 12.8 Å². The van der Waals surface area contributed by atoms with E-state index in [1.54, 1.807) is 23.5 Å². The molecule has 1 aliphatic heterocycles. The lowest BCUT2D eigenvalue weighted by atomic mass is 9.99.